The second-order valence-corrected chi connectivity index (χ2v) is 6.07. The topological polar surface area (TPSA) is 32.3 Å². The fourth-order valence-corrected chi connectivity index (χ4v) is 2.88. The van der Waals surface area contributed by atoms with E-state index in [4.69, 9.17) is 0 Å². The zero-order chi connectivity index (χ0) is 15.2. The molecule has 0 spiro atoms. The molecule has 1 N–H and O–H groups in total. The molecule has 0 aromatic heterocycles. The highest BCUT2D eigenvalue weighted by Gasteiger charge is 2.19. The van der Waals surface area contributed by atoms with Crippen molar-refractivity contribution in [3.63, 3.8) is 0 Å². The molecular weight excluding hydrogens is 267 g/mol. The van der Waals surface area contributed by atoms with Gasteiger partial charge in [0.15, 0.2) is 0 Å². The second kappa shape index (κ2) is 7.55. The maximum atomic E-state index is 13.4. The molecule has 0 saturated heterocycles. The summed E-state index contributed by atoms with van der Waals surface area (Å²) < 4.78 is 13.4. The van der Waals surface area contributed by atoms with Gasteiger partial charge in [-0.2, -0.15) is 0 Å². The summed E-state index contributed by atoms with van der Waals surface area (Å²) in [5.74, 6) is -0.217. The van der Waals surface area contributed by atoms with Crippen molar-refractivity contribution in [3.8, 4) is 0 Å². The van der Waals surface area contributed by atoms with Crippen molar-refractivity contribution < 1.29 is 9.18 Å². The molecule has 0 radical (unpaired) electrons. The van der Waals surface area contributed by atoms with Gasteiger partial charge < -0.3 is 5.32 Å². The van der Waals surface area contributed by atoms with Crippen LogP contribution < -0.4 is 5.32 Å². The number of nitrogens with zero attached hydrogens (tertiary/aromatic N) is 1. The van der Waals surface area contributed by atoms with Crippen LogP contribution in [0.5, 0.6) is 0 Å². The first-order valence-corrected chi connectivity index (χ1v) is 7.78. The third kappa shape index (κ3) is 4.81. The van der Waals surface area contributed by atoms with E-state index in [1.807, 2.05) is 13.1 Å². The molecule has 4 heteroatoms. The molecule has 0 aliphatic heterocycles. The lowest BCUT2D eigenvalue weighted by Gasteiger charge is -2.30. The summed E-state index contributed by atoms with van der Waals surface area (Å²) in [6.45, 7) is 2.53. The summed E-state index contributed by atoms with van der Waals surface area (Å²) in [4.78, 5) is 14.1. The van der Waals surface area contributed by atoms with Crippen LogP contribution in [0.4, 0.5) is 4.39 Å². The number of aryl methyl sites for hydroxylation is 1. The zero-order valence-corrected chi connectivity index (χ0v) is 13.0. The van der Waals surface area contributed by atoms with Gasteiger partial charge in [-0.25, -0.2) is 4.39 Å². The molecule has 1 aromatic rings. The van der Waals surface area contributed by atoms with Crippen LogP contribution in [-0.4, -0.2) is 30.4 Å². The minimum atomic E-state index is -0.221. The fourth-order valence-electron chi connectivity index (χ4n) is 2.88. The van der Waals surface area contributed by atoms with Crippen molar-refractivity contribution in [2.24, 2.45) is 0 Å². The Bertz CT molecular complexity index is 484. The smallest absolute Gasteiger partial charge is 0.234 e. The molecule has 1 fully saturated rings. The van der Waals surface area contributed by atoms with Crippen molar-refractivity contribution in [2.45, 2.75) is 51.6 Å². The van der Waals surface area contributed by atoms with E-state index in [2.05, 4.69) is 10.2 Å². The first-order chi connectivity index (χ1) is 10.1. The second-order valence-electron chi connectivity index (χ2n) is 6.07. The van der Waals surface area contributed by atoms with Crippen LogP contribution in [0.25, 0.3) is 0 Å². The summed E-state index contributed by atoms with van der Waals surface area (Å²) in [5, 5.41) is 2.87. The van der Waals surface area contributed by atoms with E-state index < -0.39 is 0 Å². The molecule has 0 heterocycles. The summed E-state index contributed by atoms with van der Waals surface area (Å²) in [6, 6.07) is 5.61. The number of rotatable bonds is 5. The van der Waals surface area contributed by atoms with Crippen LogP contribution in [0.2, 0.25) is 0 Å². The minimum absolute atomic E-state index is 0.00376. The van der Waals surface area contributed by atoms with Gasteiger partial charge in [0.05, 0.1) is 6.54 Å². The average molecular weight is 292 g/mol. The van der Waals surface area contributed by atoms with Crippen LogP contribution in [-0.2, 0) is 11.3 Å². The van der Waals surface area contributed by atoms with Gasteiger partial charge in [0.1, 0.15) is 5.82 Å². The van der Waals surface area contributed by atoms with Crippen molar-refractivity contribution >= 4 is 5.91 Å². The number of hydrogen-bond donors (Lipinski definition) is 1. The average Bonchev–Trinajstić information content (AvgIpc) is 2.49. The van der Waals surface area contributed by atoms with Gasteiger partial charge in [-0.1, -0.05) is 31.4 Å². The van der Waals surface area contributed by atoms with Gasteiger partial charge in [0, 0.05) is 12.6 Å². The predicted octanol–water partition coefficient (Wildman–Crippen LogP) is 3.01. The number of benzene rings is 1. The lowest BCUT2D eigenvalue weighted by Crippen LogP contribution is -2.41. The van der Waals surface area contributed by atoms with Gasteiger partial charge >= 0.3 is 0 Å². The quantitative estimate of drug-likeness (QED) is 0.905. The van der Waals surface area contributed by atoms with Gasteiger partial charge in [-0.05, 0) is 44.0 Å². The van der Waals surface area contributed by atoms with E-state index >= 15 is 0 Å². The SMILES string of the molecule is Cc1ccc(CNC(=O)CN(C)C2CCCCC2)cc1F. The van der Waals surface area contributed by atoms with Crippen LogP contribution in [0.1, 0.15) is 43.2 Å². The molecule has 1 amide bonds. The number of nitrogens with one attached hydrogen (secondary N) is 1. The van der Waals surface area contributed by atoms with Crippen LogP contribution >= 0.6 is 0 Å². The molecule has 0 atom stereocenters. The van der Waals surface area contributed by atoms with Crippen molar-refractivity contribution in [3.05, 3.63) is 35.1 Å². The molecule has 1 aliphatic rings. The number of likely N-dealkylation sites (N-methyl/N-ethyl adjacent to an activating group) is 1. The monoisotopic (exact) mass is 292 g/mol. The van der Waals surface area contributed by atoms with Crippen molar-refractivity contribution in [2.75, 3.05) is 13.6 Å². The largest absolute Gasteiger partial charge is 0.351 e. The van der Waals surface area contributed by atoms with E-state index in [9.17, 15) is 9.18 Å². The van der Waals surface area contributed by atoms with Crippen LogP contribution in [0, 0.1) is 12.7 Å². The Balaban J connectivity index is 1.77. The number of hydrogen-bond acceptors (Lipinski definition) is 2. The Labute approximate surface area is 126 Å². The molecular formula is C17H25FN2O. The van der Waals surface area contributed by atoms with Crippen LogP contribution in [0.15, 0.2) is 18.2 Å². The van der Waals surface area contributed by atoms with Gasteiger partial charge in [-0.3, -0.25) is 9.69 Å². The maximum absolute atomic E-state index is 13.4. The third-order valence-electron chi connectivity index (χ3n) is 4.32. The van der Waals surface area contributed by atoms with Gasteiger partial charge in [0.2, 0.25) is 5.91 Å². The Kier molecular flexibility index (Phi) is 5.74. The minimum Gasteiger partial charge on any atom is -0.351 e. The van der Waals surface area contributed by atoms with Gasteiger partial charge in [-0.15, -0.1) is 0 Å². The molecule has 0 bridgehead atoms. The van der Waals surface area contributed by atoms with E-state index in [1.54, 1.807) is 13.0 Å². The molecule has 21 heavy (non-hydrogen) atoms. The molecule has 3 nitrogen and oxygen atoms in total. The van der Waals surface area contributed by atoms with Gasteiger partial charge in [0.25, 0.3) is 0 Å². The van der Waals surface area contributed by atoms with Crippen LogP contribution in [0.3, 0.4) is 0 Å². The Morgan fingerprint density at radius 2 is 2.05 bits per heavy atom. The lowest BCUT2D eigenvalue weighted by atomic mass is 9.94. The van der Waals surface area contributed by atoms with E-state index in [1.165, 1.54) is 38.2 Å². The highest BCUT2D eigenvalue weighted by atomic mass is 19.1. The third-order valence-corrected chi connectivity index (χ3v) is 4.32. The number of carbonyl (C=O) groups is 1. The van der Waals surface area contributed by atoms with Crippen molar-refractivity contribution in [1.82, 2.24) is 10.2 Å². The number of halogens is 1. The van der Waals surface area contributed by atoms with E-state index in [0.29, 0.717) is 24.7 Å². The van der Waals surface area contributed by atoms with E-state index in [0.717, 1.165) is 5.56 Å². The molecule has 1 saturated carbocycles. The summed E-state index contributed by atoms with van der Waals surface area (Å²) in [7, 11) is 2.01. The molecule has 2 rings (SSSR count). The van der Waals surface area contributed by atoms with Crippen molar-refractivity contribution in [1.29, 1.82) is 0 Å². The number of amides is 1. The molecule has 1 aromatic carbocycles. The number of carbonyl (C=O) groups excluding carboxylic acids is 1. The highest BCUT2D eigenvalue weighted by molar-refractivity contribution is 5.78. The Morgan fingerprint density at radius 3 is 2.71 bits per heavy atom. The fraction of sp³-hybridized carbons (Fsp3) is 0.588. The maximum Gasteiger partial charge on any atom is 0.234 e. The highest BCUT2D eigenvalue weighted by Crippen LogP contribution is 2.21. The normalized spacial score (nSPS) is 16.2. The predicted molar refractivity (Wildman–Crippen MR) is 82.5 cm³/mol. The summed E-state index contributed by atoms with van der Waals surface area (Å²) in [6.07, 6.45) is 6.22. The summed E-state index contributed by atoms with van der Waals surface area (Å²) >= 11 is 0. The molecule has 0 unspecified atom stereocenters. The molecule has 1 aliphatic carbocycles. The first-order valence-electron chi connectivity index (χ1n) is 7.78. The Hall–Kier alpha value is -1.42. The standard InChI is InChI=1S/C17H25FN2O/c1-13-8-9-14(10-16(13)18)11-19-17(21)12-20(2)15-6-4-3-5-7-15/h8-10,15H,3-7,11-12H2,1-2H3,(H,19,21). The molecule has 116 valence electrons. The first kappa shape index (κ1) is 16.0. The lowest BCUT2D eigenvalue weighted by molar-refractivity contribution is -0.122. The Morgan fingerprint density at radius 1 is 1.33 bits per heavy atom. The van der Waals surface area contributed by atoms with E-state index in [-0.39, 0.29) is 11.7 Å². The zero-order valence-electron chi connectivity index (χ0n) is 13.0. The summed E-state index contributed by atoms with van der Waals surface area (Å²) in [5.41, 5.74) is 1.42.